The van der Waals surface area contributed by atoms with Crippen molar-refractivity contribution in [3.63, 3.8) is 0 Å². The van der Waals surface area contributed by atoms with Crippen molar-refractivity contribution in [1.29, 1.82) is 0 Å². The van der Waals surface area contributed by atoms with E-state index in [0.29, 0.717) is 19.1 Å². The van der Waals surface area contributed by atoms with Gasteiger partial charge >= 0.3 is 0 Å². The SMILES string of the molecule is CC(C)C[C@H](N)COCc1cccc(Cl)c1. The van der Waals surface area contributed by atoms with E-state index in [4.69, 9.17) is 22.1 Å². The molecular formula is C13H20ClNO. The smallest absolute Gasteiger partial charge is 0.0718 e. The van der Waals surface area contributed by atoms with Gasteiger partial charge in [0.2, 0.25) is 0 Å². The minimum Gasteiger partial charge on any atom is -0.375 e. The van der Waals surface area contributed by atoms with Crippen LogP contribution in [0.1, 0.15) is 25.8 Å². The van der Waals surface area contributed by atoms with E-state index in [9.17, 15) is 0 Å². The molecular weight excluding hydrogens is 222 g/mol. The quantitative estimate of drug-likeness (QED) is 0.830. The predicted octanol–water partition coefficient (Wildman–Crippen LogP) is 3.23. The molecule has 1 aromatic carbocycles. The van der Waals surface area contributed by atoms with Crippen molar-refractivity contribution in [3.8, 4) is 0 Å². The van der Waals surface area contributed by atoms with Crippen molar-refractivity contribution in [2.24, 2.45) is 11.7 Å². The second-order valence-electron chi connectivity index (χ2n) is 4.53. The van der Waals surface area contributed by atoms with E-state index in [1.54, 1.807) is 0 Å². The number of ether oxygens (including phenoxy) is 1. The molecule has 0 aliphatic carbocycles. The molecule has 0 fully saturated rings. The molecule has 2 N–H and O–H groups in total. The van der Waals surface area contributed by atoms with Crippen molar-refractivity contribution in [2.75, 3.05) is 6.61 Å². The Kier molecular flexibility index (Phi) is 5.81. The molecule has 90 valence electrons. The second kappa shape index (κ2) is 6.89. The first-order chi connectivity index (χ1) is 7.58. The summed E-state index contributed by atoms with van der Waals surface area (Å²) in [5.41, 5.74) is 7.00. The highest BCUT2D eigenvalue weighted by Crippen LogP contribution is 2.11. The van der Waals surface area contributed by atoms with E-state index in [1.165, 1.54) is 0 Å². The van der Waals surface area contributed by atoms with Gasteiger partial charge in [-0.15, -0.1) is 0 Å². The summed E-state index contributed by atoms with van der Waals surface area (Å²) in [5.74, 6) is 0.616. The Hall–Kier alpha value is -0.570. The molecule has 1 atom stereocenters. The number of rotatable bonds is 6. The second-order valence-corrected chi connectivity index (χ2v) is 4.97. The van der Waals surface area contributed by atoms with E-state index < -0.39 is 0 Å². The van der Waals surface area contributed by atoms with Crippen LogP contribution in [0, 0.1) is 5.92 Å². The molecule has 0 radical (unpaired) electrons. The Balaban J connectivity index is 2.25. The van der Waals surface area contributed by atoms with Crippen LogP contribution in [0.5, 0.6) is 0 Å². The van der Waals surface area contributed by atoms with E-state index in [1.807, 2.05) is 24.3 Å². The van der Waals surface area contributed by atoms with Gasteiger partial charge < -0.3 is 10.5 Å². The zero-order valence-electron chi connectivity index (χ0n) is 9.95. The minimum absolute atomic E-state index is 0.124. The third kappa shape index (κ3) is 5.50. The standard InChI is InChI=1S/C13H20ClNO/c1-10(2)6-13(15)9-16-8-11-4-3-5-12(14)7-11/h3-5,7,10,13H,6,8-9,15H2,1-2H3/t13-/m0/s1. The minimum atomic E-state index is 0.124. The first kappa shape index (κ1) is 13.5. The maximum atomic E-state index is 5.92. The molecule has 0 bridgehead atoms. The lowest BCUT2D eigenvalue weighted by Gasteiger charge is -2.14. The molecule has 0 heterocycles. The maximum absolute atomic E-state index is 5.92. The number of halogens is 1. The number of hydrogen-bond donors (Lipinski definition) is 1. The largest absolute Gasteiger partial charge is 0.375 e. The van der Waals surface area contributed by atoms with Crippen LogP contribution in [0.4, 0.5) is 0 Å². The van der Waals surface area contributed by atoms with Gasteiger partial charge in [-0.1, -0.05) is 37.6 Å². The van der Waals surface area contributed by atoms with Crippen LogP contribution in [0.3, 0.4) is 0 Å². The van der Waals surface area contributed by atoms with E-state index in [-0.39, 0.29) is 6.04 Å². The van der Waals surface area contributed by atoms with Gasteiger partial charge in [-0.05, 0) is 30.0 Å². The van der Waals surface area contributed by atoms with Gasteiger partial charge in [-0.3, -0.25) is 0 Å². The van der Waals surface area contributed by atoms with Crippen molar-refractivity contribution in [3.05, 3.63) is 34.9 Å². The van der Waals surface area contributed by atoms with Gasteiger partial charge in [0.05, 0.1) is 13.2 Å². The Morgan fingerprint density at radius 1 is 1.38 bits per heavy atom. The summed E-state index contributed by atoms with van der Waals surface area (Å²) in [4.78, 5) is 0. The third-order valence-electron chi connectivity index (χ3n) is 2.26. The van der Waals surface area contributed by atoms with Crippen LogP contribution in [0.15, 0.2) is 24.3 Å². The Morgan fingerprint density at radius 3 is 2.75 bits per heavy atom. The monoisotopic (exact) mass is 241 g/mol. The summed E-state index contributed by atoms with van der Waals surface area (Å²) >= 11 is 5.87. The average molecular weight is 242 g/mol. The van der Waals surface area contributed by atoms with Gasteiger partial charge in [0, 0.05) is 11.1 Å². The Bertz CT molecular complexity index is 315. The van der Waals surface area contributed by atoms with Crippen molar-refractivity contribution >= 4 is 11.6 Å². The fourth-order valence-electron chi connectivity index (χ4n) is 1.63. The molecule has 2 nitrogen and oxygen atoms in total. The topological polar surface area (TPSA) is 35.2 Å². The molecule has 0 saturated heterocycles. The van der Waals surface area contributed by atoms with Crippen LogP contribution in [-0.4, -0.2) is 12.6 Å². The van der Waals surface area contributed by atoms with Crippen molar-refractivity contribution < 1.29 is 4.74 Å². The van der Waals surface area contributed by atoms with Crippen molar-refractivity contribution in [1.82, 2.24) is 0 Å². The molecule has 3 heteroatoms. The summed E-state index contributed by atoms with van der Waals surface area (Å²) in [7, 11) is 0. The zero-order chi connectivity index (χ0) is 12.0. The van der Waals surface area contributed by atoms with Gasteiger partial charge in [-0.25, -0.2) is 0 Å². The highest BCUT2D eigenvalue weighted by Gasteiger charge is 2.05. The van der Waals surface area contributed by atoms with Gasteiger partial charge in [0.15, 0.2) is 0 Å². The van der Waals surface area contributed by atoms with Gasteiger partial charge in [0.25, 0.3) is 0 Å². The molecule has 16 heavy (non-hydrogen) atoms. The van der Waals surface area contributed by atoms with Crippen molar-refractivity contribution in [2.45, 2.75) is 32.9 Å². The van der Waals surface area contributed by atoms with Crippen LogP contribution < -0.4 is 5.73 Å². The maximum Gasteiger partial charge on any atom is 0.0718 e. The van der Waals surface area contributed by atoms with E-state index in [2.05, 4.69) is 13.8 Å². The lowest BCUT2D eigenvalue weighted by atomic mass is 10.1. The third-order valence-corrected chi connectivity index (χ3v) is 2.50. The summed E-state index contributed by atoms with van der Waals surface area (Å²) in [6.07, 6.45) is 0.996. The molecule has 0 aliphatic heterocycles. The average Bonchev–Trinajstić information content (AvgIpc) is 2.16. The fourth-order valence-corrected chi connectivity index (χ4v) is 1.84. The van der Waals surface area contributed by atoms with E-state index in [0.717, 1.165) is 17.0 Å². The Labute approximate surface area is 103 Å². The predicted molar refractivity (Wildman–Crippen MR) is 68.5 cm³/mol. The number of nitrogens with two attached hydrogens (primary N) is 1. The molecule has 1 aromatic rings. The molecule has 0 unspecified atom stereocenters. The lowest BCUT2D eigenvalue weighted by molar-refractivity contribution is 0.103. The van der Waals surface area contributed by atoms with Crippen LogP contribution in [0.25, 0.3) is 0 Å². The zero-order valence-corrected chi connectivity index (χ0v) is 10.7. The molecule has 1 rings (SSSR count). The van der Waals surface area contributed by atoms with Crippen LogP contribution in [-0.2, 0) is 11.3 Å². The molecule has 0 aromatic heterocycles. The fraction of sp³-hybridized carbons (Fsp3) is 0.538. The summed E-state index contributed by atoms with van der Waals surface area (Å²) < 4.78 is 5.55. The molecule has 0 aliphatic rings. The number of hydrogen-bond acceptors (Lipinski definition) is 2. The normalized spacial score (nSPS) is 13.1. The van der Waals surface area contributed by atoms with Gasteiger partial charge in [0.1, 0.15) is 0 Å². The first-order valence-electron chi connectivity index (χ1n) is 5.65. The number of benzene rings is 1. The highest BCUT2D eigenvalue weighted by molar-refractivity contribution is 6.30. The van der Waals surface area contributed by atoms with Gasteiger partial charge in [-0.2, -0.15) is 0 Å². The highest BCUT2D eigenvalue weighted by atomic mass is 35.5. The summed E-state index contributed by atoms with van der Waals surface area (Å²) in [6, 6.07) is 7.82. The summed E-state index contributed by atoms with van der Waals surface area (Å²) in [5, 5.41) is 0.743. The lowest BCUT2D eigenvalue weighted by Crippen LogP contribution is -2.27. The summed E-state index contributed by atoms with van der Waals surface area (Å²) in [6.45, 7) is 5.50. The molecule has 0 amide bonds. The van der Waals surface area contributed by atoms with E-state index >= 15 is 0 Å². The molecule has 0 saturated carbocycles. The molecule has 0 spiro atoms. The first-order valence-corrected chi connectivity index (χ1v) is 6.03. The Morgan fingerprint density at radius 2 is 2.12 bits per heavy atom. The van der Waals surface area contributed by atoms with Crippen LogP contribution >= 0.6 is 11.6 Å². The van der Waals surface area contributed by atoms with Crippen LogP contribution in [0.2, 0.25) is 5.02 Å².